The summed E-state index contributed by atoms with van der Waals surface area (Å²) in [6, 6.07) is 57.5. The van der Waals surface area contributed by atoms with Crippen molar-refractivity contribution in [2.75, 3.05) is 4.90 Å². The lowest BCUT2D eigenvalue weighted by Gasteiger charge is -2.33. The van der Waals surface area contributed by atoms with Gasteiger partial charge < -0.3 is 14.0 Å². The fraction of sp³-hybridized carbons (Fsp3) is 0.0400. The van der Waals surface area contributed by atoms with Gasteiger partial charge in [-0.25, -0.2) is 4.85 Å². The highest BCUT2D eigenvalue weighted by Gasteiger charge is 2.42. The van der Waals surface area contributed by atoms with Crippen molar-refractivity contribution >= 4 is 66.4 Å². The summed E-state index contributed by atoms with van der Waals surface area (Å²) in [5, 5.41) is 14.8. The van der Waals surface area contributed by atoms with Crippen molar-refractivity contribution in [3.05, 3.63) is 198 Å². The first-order chi connectivity index (χ1) is 27.2. The Morgan fingerprint density at radius 1 is 0.600 bits per heavy atom. The molecule has 0 N–H and O–H groups in total. The number of anilines is 2. The van der Waals surface area contributed by atoms with Crippen LogP contribution in [0.15, 0.2) is 176 Å². The molecular weight excluding hydrogens is 671 g/mol. The van der Waals surface area contributed by atoms with Gasteiger partial charge in [0.15, 0.2) is 5.69 Å². The standard InChI is InChI=1S/C50H31N5/c1-52-34-28-33(29-35(30-34)53-43-22-8-5-18-39(43)40-20-12-14-32(31-51)50(40)53)36-15-2-7-21-42(36)54-46-25-11-6-19-41(46)49-47(54)26-13-27-48(49)55-44-23-9-3-16-37(44)38-17-4-10-24-45(38)55/h2-30,47,49H. The van der Waals surface area contributed by atoms with Gasteiger partial charge in [-0.1, -0.05) is 115 Å². The maximum atomic E-state index is 10.3. The minimum Gasteiger partial charge on any atom is -0.333 e. The van der Waals surface area contributed by atoms with Crippen LogP contribution in [0.2, 0.25) is 0 Å². The molecule has 5 nitrogen and oxygen atoms in total. The number of benzene rings is 7. The zero-order valence-electron chi connectivity index (χ0n) is 29.6. The van der Waals surface area contributed by atoms with E-state index in [9.17, 15) is 5.26 Å². The van der Waals surface area contributed by atoms with Crippen molar-refractivity contribution in [2.24, 2.45) is 0 Å². The summed E-state index contributed by atoms with van der Waals surface area (Å²) in [6.45, 7) is 8.21. The molecule has 0 fully saturated rings. The average Bonchev–Trinajstić information content (AvgIpc) is 3.89. The molecule has 0 saturated carbocycles. The summed E-state index contributed by atoms with van der Waals surface area (Å²) < 4.78 is 4.61. The summed E-state index contributed by atoms with van der Waals surface area (Å²) in [7, 11) is 0. The predicted molar refractivity (Wildman–Crippen MR) is 225 cm³/mol. The molecule has 0 bridgehead atoms. The lowest BCUT2D eigenvalue weighted by Crippen LogP contribution is -2.31. The number of fused-ring (bicyclic) bond motifs is 9. The van der Waals surface area contributed by atoms with Gasteiger partial charge in [-0.15, -0.1) is 0 Å². The molecule has 2 atom stereocenters. The van der Waals surface area contributed by atoms with E-state index in [-0.39, 0.29) is 12.0 Å². The monoisotopic (exact) mass is 701 g/mol. The SMILES string of the molecule is [C-]#[N+]c1cc(-c2ccccc2N2c3ccccc3C3C(n4c5ccccc5c5ccccc54)=CC=CC32)cc(-n2c3ccccc3c3cccc(C#N)c32)c1. The van der Waals surface area contributed by atoms with Gasteiger partial charge in [0.1, 0.15) is 6.07 Å². The highest BCUT2D eigenvalue weighted by molar-refractivity contribution is 6.12. The third-order valence-corrected chi connectivity index (χ3v) is 11.5. The number of allylic oxidation sites excluding steroid dienone is 2. The lowest BCUT2D eigenvalue weighted by atomic mass is 9.87. The first-order valence-corrected chi connectivity index (χ1v) is 18.5. The van der Waals surface area contributed by atoms with E-state index in [4.69, 9.17) is 6.57 Å². The number of para-hydroxylation sites is 6. The summed E-state index contributed by atoms with van der Waals surface area (Å²) >= 11 is 0. The van der Waals surface area contributed by atoms with Gasteiger partial charge in [-0.2, -0.15) is 5.26 Å². The van der Waals surface area contributed by atoms with Crippen molar-refractivity contribution in [2.45, 2.75) is 12.0 Å². The van der Waals surface area contributed by atoms with E-state index in [2.05, 4.69) is 165 Å². The largest absolute Gasteiger partial charge is 0.333 e. The zero-order valence-corrected chi connectivity index (χ0v) is 29.6. The van der Waals surface area contributed by atoms with E-state index >= 15 is 0 Å². The smallest absolute Gasteiger partial charge is 0.189 e. The van der Waals surface area contributed by atoms with Gasteiger partial charge in [0.25, 0.3) is 0 Å². The Hall–Kier alpha value is -7.60. The Kier molecular flexibility index (Phi) is 6.74. The molecule has 7 aromatic carbocycles. The molecule has 2 unspecified atom stereocenters. The molecule has 3 heterocycles. The number of hydrogen-bond acceptors (Lipinski definition) is 2. The highest BCUT2D eigenvalue weighted by atomic mass is 15.2. The molecule has 256 valence electrons. The van der Waals surface area contributed by atoms with Crippen LogP contribution in [0.25, 0.3) is 71.0 Å². The number of nitrogens with zero attached hydrogens (tertiary/aromatic N) is 5. The normalized spacial score (nSPS) is 16.0. The molecule has 9 aromatic rings. The third kappa shape index (κ3) is 4.45. The van der Waals surface area contributed by atoms with Crippen LogP contribution < -0.4 is 4.90 Å². The Morgan fingerprint density at radius 2 is 1.22 bits per heavy atom. The van der Waals surface area contributed by atoms with Gasteiger partial charge >= 0.3 is 0 Å². The number of nitriles is 1. The molecule has 2 aromatic heterocycles. The zero-order chi connectivity index (χ0) is 36.6. The Morgan fingerprint density at radius 3 is 1.95 bits per heavy atom. The molecule has 1 aliphatic carbocycles. The van der Waals surface area contributed by atoms with Gasteiger partial charge in [0.05, 0.1) is 46.2 Å². The molecule has 1 aliphatic heterocycles. The van der Waals surface area contributed by atoms with Crippen molar-refractivity contribution < 1.29 is 0 Å². The van der Waals surface area contributed by atoms with E-state index in [0.29, 0.717) is 11.3 Å². The molecule has 2 aliphatic rings. The van der Waals surface area contributed by atoms with Crippen molar-refractivity contribution in [1.82, 2.24) is 9.13 Å². The average molecular weight is 702 g/mol. The van der Waals surface area contributed by atoms with E-state index < -0.39 is 0 Å². The van der Waals surface area contributed by atoms with E-state index in [1.54, 1.807) is 0 Å². The maximum Gasteiger partial charge on any atom is 0.189 e. The van der Waals surface area contributed by atoms with Crippen LogP contribution in [0.1, 0.15) is 17.0 Å². The van der Waals surface area contributed by atoms with Crippen LogP contribution in [0, 0.1) is 17.9 Å². The van der Waals surface area contributed by atoms with Crippen molar-refractivity contribution in [1.29, 1.82) is 5.26 Å². The second-order valence-electron chi connectivity index (χ2n) is 14.3. The van der Waals surface area contributed by atoms with Gasteiger partial charge in [-0.05, 0) is 71.8 Å². The van der Waals surface area contributed by atoms with Crippen LogP contribution in [-0.2, 0) is 0 Å². The van der Waals surface area contributed by atoms with Gasteiger partial charge in [0, 0.05) is 49.9 Å². The second-order valence-corrected chi connectivity index (χ2v) is 14.3. The van der Waals surface area contributed by atoms with Crippen LogP contribution in [0.4, 0.5) is 17.1 Å². The Bertz CT molecular complexity index is 3160. The third-order valence-electron chi connectivity index (χ3n) is 11.5. The van der Waals surface area contributed by atoms with Crippen molar-refractivity contribution in [3.63, 3.8) is 0 Å². The lowest BCUT2D eigenvalue weighted by molar-refractivity contribution is 0.736. The first-order valence-electron chi connectivity index (χ1n) is 18.5. The van der Waals surface area contributed by atoms with Crippen molar-refractivity contribution in [3.8, 4) is 22.9 Å². The van der Waals surface area contributed by atoms with E-state index in [1.807, 2.05) is 36.4 Å². The topological polar surface area (TPSA) is 41.2 Å². The molecule has 5 heteroatoms. The number of aromatic nitrogens is 2. The Labute approximate surface area is 318 Å². The Balaban J connectivity index is 1.10. The van der Waals surface area contributed by atoms with Crippen LogP contribution in [0.3, 0.4) is 0 Å². The minimum absolute atomic E-state index is 0.0116. The van der Waals surface area contributed by atoms with Crippen LogP contribution in [-0.4, -0.2) is 15.2 Å². The molecular formula is C50H31N5. The quantitative estimate of drug-likeness (QED) is 0.171. The molecule has 11 rings (SSSR count). The minimum atomic E-state index is 0.0116. The summed E-state index contributed by atoms with van der Waals surface area (Å²) in [4.78, 5) is 6.47. The maximum absolute atomic E-state index is 10.3. The fourth-order valence-electron chi connectivity index (χ4n) is 9.32. The molecule has 0 radical (unpaired) electrons. The fourth-order valence-corrected chi connectivity index (χ4v) is 9.32. The van der Waals surface area contributed by atoms with E-state index in [1.165, 1.54) is 38.8 Å². The van der Waals surface area contributed by atoms with E-state index in [0.717, 1.165) is 44.3 Å². The summed E-state index contributed by atoms with van der Waals surface area (Å²) in [6.07, 6.45) is 6.84. The molecule has 55 heavy (non-hydrogen) atoms. The van der Waals surface area contributed by atoms with Gasteiger partial charge in [-0.3, -0.25) is 0 Å². The molecule has 0 spiro atoms. The predicted octanol–water partition coefficient (Wildman–Crippen LogP) is 12.7. The summed E-state index contributed by atoms with van der Waals surface area (Å²) in [5.41, 5.74) is 13.0. The first kappa shape index (κ1) is 31.0. The molecule has 0 saturated heterocycles. The molecule has 0 amide bonds. The summed E-state index contributed by atoms with van der Waals surface area (Å²) in [5.74, 6) is 0.0700. The second kappa shape index (κ2) is 12.0. The number of hydrogen-bond donors (Lipinski definition) is 0. The van der Waals surface area contributed by atoms with Gasteiger partial charge in [0.2, 0.25) is 0 Å². The highest BCUT2D eigenvalue weighted by Crippen LogP contribution is 2.54. The van der Waals surface area contributed by atoms with Crippen LogP contribution in [0.5, 0.6) is 0 Å². The number of rotatable bonds is 4. The van der Waals surface area contributed by atoms with Crippen LogP contribution >= 0.6 is 0 Å².